The topological polar surface area (TPSA) is 131 Å². The summed E-state index contributed by atoms with van der Waals surface area (Å²) in [5.41, 5.74) is 0.267. The summed E-state index contributed by atoms with van der Waals surface area (Å²) >= 11 is 0. The molecular formula is C14H13N5O5. The second kappa shape index (κ2) is 6.07. The molecule has 1 fully saturated rings. The maximum atomic E-state index is 12.4. The summed E-state index contributed by atoms with van der Waals surface area (Å²) in [6, 6.07) is 4.87. The highest BCUT2D eigenvalue weighted by molar-refractivity contribution is 5.95. The van der Waals surface area contributed by atoms with E-state index in [0.717, 1.165) is 0 Å². The second-order valence-corrected chi connectivity index (χ2v) is 5.32. The van der Waals surface area contributed by atoms with Crippen molar-refractivity contribution in [3.8, 4) is 5.69 Å². The molecule has 0 aliphatic carbocycles. The zero-order valence-corrected chi connectivity index (χ0v) is 12.4. The van der Waals surface area contributed by atoms with Gasteiger partial charge in [-0.05, 0) is 18.9 Å². The first-order chi connectivity index (χ1) is 11.5. The lowest BCUT2D eigenvalue weighted by Crippen LogP contribution is -2.40. The minimum atomic E-state index is -1.05. The molecular weight excluding hydrogens is 318 g/mol. The molecule has 0 radical (unpaired) electrons. The van der Waals surface area contributed by atoms with Crippen LogP contribution in [0.1, 0.15) is 23.3 Å². The minimum absolute atomic E-state index is 0.00495. The SMILES string of the molecule is O=C(O)[C@H]1CCCN1C(=O)c1cn(-c2cccc([N+](=O)[O-])c2)nn1. The van der Waals surface area contributed by atoms with E-state index < -0.39 is 22.8 Å². The van der Waals surface area contributed by atoms with E-state index in [1.54, 1.807) is 6.07 Å². The van der Waals surface area contributed by atoms with Gasteiger partial charge in [0.1, 0.15) is 6.04 Å². The summed E-state index contributed by atoms with van der Waals surface area (Å²) in [6.45, 7) is 0.347. The molecule has 0 spiro atoms. The van der Waals surface area contributed by atoms with Crippen molar-refractivity contribution in [2.45, 2.75) is 18.9 Å². The van der Waals surface area contributed by atoms with Crippen LogP contribution in [0.4, 0.5) is 5.69 Å². The van der Waals surface area contributed by atoms with Crippen molar-refractivity contribution >= 4 is 17.6 Å². The molecule has 3 rings (SSSR count). The highest BCUT2D eigenvalue weighted by Crippen LogP contribution is 2.20. The fourth-order valence-electron chi connectivity index (χ4n) is 2.65. The Morgan fingerprint density at radius 3 is 2.88 bits per heavy atom. The molecule has 1 aliphatic rings. The maximum absolute atomic E-state index is 12.4. The Balaban J connectivity index is 1.85. The average Bonchev–Trinajstić information content (AvgIpc) is 3.23. The number of nitrogens with zero attached hydrogens (tertiary/aromatic N) is 5. The van der Waals surface area contributed by atoms with Crippen LogP contribution in [0, 0.1) is 10.1 Å². The van der Waals surface area contributed by atoms with Crippen molar-refractivity contribution in [2.75, 3.05) is 6.54 Å². The summed E-state index contributed by atoms with van der Waals surface area (Å²) in [7, 11) is 0. The molecule has 1 aliphatic heterocycles. The van der Waals surface area contributed by atoms with Gasteiger partial charge in [-0.15, -0.1) is 5.10 Å². The molecule has 1 aromatic heterocycles. The van der Waals surface area contributed by atoms with E-state index in [9.17, 15) is 19.7 Å². The number of rotatable bonds is 4. The van der Waals surface area contributed by atoms with Gasteiger partial charge in [0.15, 0.2) is 5.69 Å². The van der Waals surface area contributed by atoms with Crippen LogP contribution in [0.5, 0.6) is 0 Å². The minimum Gasteiger partial charge on any atom is -0.480 e. The molecule has 1 atom stereocenters. The van der Waals surface area contributed by atoms with Gasteiger partial charge in [0.25, 0.3) is 11.6 Å². The molecule has 10 heteroatoms. The van der Waals surface area contributed by atoms with E-state index in [-0.39, 0.29) is 11.4 Å². The zero-order valence-electron chi connectivity index (χ0n) is 12.4. The monoisotopic (exact) mass is 331 g/mol. The molecule has 0 unspecified atom stereocenters. The Morgan fingerprint density at radius 2 is 2.17 bits per heavy atom. The quantitative estimate of drug-likeness (QED) is 0.649. The molecule has 2 aromatic rings. The van der Waals surface area contributed by atoms with Crippen molar-refractivity contribution in [1.82, 2.24) is 19.9 Å². The summed E-state index contributed by atoms with van der Waals surface area (Å²) in [5.74, 6) is -1.57. The lowest BCUT2D eigenvalue weighted by Gasteiger charge is -2.19. The third kappa shape index (κ3) is 2.81. The molecule has 1 aromatic carbocycles. The van der Waals surface area contributed by atoms with E-state index >= 15 is 0 Å². The number of hydrogen-bond acceptors (Lipinski definition) is 6. The molecule has 2 heterocycles. The lowest BCUT2D eigenvalue weighted by atomic mass is 10.2. The van der Waals surface area contributed by atoms with Crippen molar-refractivity contribution in [3.05, 3.63) is 46.3 Å². The number of aromatic nitrogens is 3. The highest BCUT2D eigenvalue weighted by atomic mass is 16.6. The number of likely N-dealkylation sites (tertiary alicyclic amines) is 1. The lowest BCUT2D eigenvalue weighted by molar-refractivity contribution is -0.384. The van der Waals surface area contributed by atoms with E-state index in [4.69, 9.17) is 5.11 Å². The summed E-state index contributed by atoms with van der Waals surface area (Å²) in [6.07, 6.45) is 2.35. The van der Waals surface area contributed by atoms with Gasteiger partial charge in [-0.2, -0.15) is 0 Å². The molecule has 0 saturated carbocycles. The van der Waals surface area contributed by atoms with Crippen LogP contribution in [-0.2, 0) is 4.79 Å². The van der Waals surface area contributed by atoms with E-state index in [1.165, 1.54) is 34.0 Å². The molecule has 1 saturated heterocycles. The van der Waals surface area contributed by atoms with Gasteiger partial charge in [-0.3, -0.25) is 14.9 Å². The van der Waals surface area contributed by atoms with Crippen LogP contribution in [0.2, 0.25) is 0 Å². The first-order valence-corrected chi connectivity index (χ1v) is 7.18. The smallest absolute Gasteiger partial charge is 0.326 e. The number of non-ortho nitro benzene ring substituents is 1. The molecule has 124 valence electrons. The Labute approximate surface area is 135 Å². The highest BCUT2D eigenvalue weighted by Gasteiger charge is 2.35. The number of aliphatic carboxylic acids is 1. The van der Waals surface area contributed by atoms with Crippen LogP contribution in [0.25, 0.3) is 5.69 Å². The summed E-state index contributed by atoms with van der Waals surface area (Å²) < 4.78 is 1.24. The van der Waals surface area contributed by atoms with Crippen LogP contribution in [-0.4, -0.2) is 54.4 Å². The number of carbonyl (C=O) groups excluding carboxylic acids is 1. The average molecular weight is 331 g/mol. The van der Waals surface area contributed by atoms with Crippen LogP contribution < -0.4 is 0 Å². The van der Waals surface area contributed by atoms with Crippen LogP contribution in [0.3, 0.4) is 0 Å². The second-order valence-electron chi connectivity index (χ2n) is 5.32. The molecule has 1 N–H and O–H groups in total. The normalized spacial score (nSPS) is 17.0. The largest absolute Gasteiger partial charge is 0.480 e. The van der Waals surface area contributed by atoms with E-state index in [1.807, 2.05) is 0 Å². The third-order valence-corrected chi connectivity index (χ3v) is 3.82. The number of carboxylic acids is 1. The maximum Gasteiger partial charge on any atom is 0.326 e. The van der Waals surface area contributed by atoms with Crippen molar-refractivity contribution in [1.29, 1.82) is 0 Å². The predicted molar refractivity (Wildman–Crippen MR) is 79.7 cm³/mol. The van der Waals surface area contributed by atoms with Gasteiger partial charge >= 0.3 is 5.97 Å². The number of nitro groups is 1. The van der Waals surface area contributed by atoms with Crippen LogP contribution in [0.15, 0.2) is 30.5 Å². The Hall–Kier alpha value is -3.30. The van der Waals surface area contributed by atoms with Crippen molar-refractivity contribution < 1.29 is 19.6 Å². The fourth-order valence-corrected chi connectivity index (χ4v) is 2.65. The van der Waals surface area contributed by atoms with Gasteiger partial charge in [0, 0.05) is 18.7 Å². The van der Waals surface area contributed by atoms with Gasteiger partial charge in [-0.25, -0.2) is 9.48 Å². The van der Waals surface area contributed by atoms with Gasteiger partial charge in [0.05, 0.1) is 16.8 Å². The summed E-state index contributed by atoms with van der Waals surface area (Å²) in [5, 5.41) is 27.5. The Bertz CT molecular complexity index is 817. The number of benzene rings is 1. The molecule has 1 amide bonds. The van der Waals surface area contributed by atoms with Crippen molar-refractivity contribution in [3.63, 3.8) is 0 Å². The van der Waals surface area contributed by atoms with Gasteiger partial charge < -0.3 is 10.0 Å². The van der Waals surface area contributed by atoms with E-state index in [2.05, 4.69) is 10.3 Å². The van der Waals surface area contributed by atoms with Crippen molar-refractivity contribution in [2.24, 2.45) is 0 Å². The number of carbonyl (C=O) groups is 2. The fraction of sp³-hybridized carbons (Fsp3) is 0.286. The summed E-state index contributed by atoms with van der Waals surface area (Å²) in [4.78, 5) is 35.1. The number of hydrogen-bond donors (Lipinski definition) is 1. The number of nitro benzene ring substituents is 1. The molecule has 10 nitrogen and oxygen atoms in total. The third-order valence-electron chi connectivity index (χ3n) is 3.82. The molecule has 0 bridgehead atoms. The Kier molecular flexibility index (Phi) is 3.94. The first-order valence-electron chi connectivity index (χ1n) is 7.18. The zero-order chi connectivity index (χ0) is 17.3. The number of carboxylic acid groups (broad SMARTS) is 1. The van der Waals surface area contributed by atoms with E-state index in [0.29, 0.717) is 25.1 Å². The van der Waals surface area contributed by atoms with Crippen LogP contribution >= 0.6 is 0 Å². The predicted octanol–water partition coefficient (Wildman–Crippen LogP) is 0.865. The van der Waals surface area contributed by atoms with Gasteiger partial charge in [0.2, 0.25) is 0 Å². The first kappa shape index (κ1) is 15.6. The standard InChI is InChI=1S/C14H13N5O5/c20-13(17-6-2-5-12(17)14(21)22)11-8-18(16-15-11)9-3-1-4-10(7-9)19(23)24/h1,3-4,7-8,12H,2,5-6H2,(H,21,22)/t12-/m1/s1. The van der Waals surface area contributed by atoms with Gasteiger partial charge in [-0.1, -0.05) is 11.3 Å². The Morgan fingerprint density at radius 1 is 1.38 bits per heavy atom. The number of amides is 1. The molecule has 24 heavy (non-hydrogen) atoms.